The van der Waals surface area contributed by atoms with E-state index in [0.29, 0.717) is 12.5 Å². The summed E-state index contributed by atoms with van der Waals surface area (Å²) in [6, 6.07) is 4.56. The summed E-state index contributed by atoms with van der Waals surface area (Å²) in [4.78, 5) is 6.82. The van der Waals surface area contributed by atoms with Crippen molar-refractivity contribution < 1.29 is 5.11 Å². The second-order valence-corrected chi connectivity index (χ2v) is 5.17. The van der Waals surface area contributed by atoms with Crippen LogP contribution < -0.4 is 4.90 Å². The van der Waals surface area contributed by atoms with Gasteiger partial charge in [0.15, 0.2) is 0 Å². The predicted molar refractivity (Wildman–Crippen MR) is 81.5 cm³/mol. The van der Waals surface area contributed by atoms with E-state index in [-0.39, 0.29) is 0 Å². The van der Waals surface area contributed by atoms with Crippen molar-refractivity contribution in [1.82, 2.24) is 4.98 Å². The zero-order valence-electron chi connectivity index (χ0n) is 12.8. The average Bonchev–Trinajstić information content (AvgIpc) is 2.47. The smallest absolute Gasteiger partial charge is 0.0957 e. The molecule has 0 aliphatic carbocycles. The highest BCUT2D eigenvalue weighted by molar-refractivity contribution is 5.45. The Labute approximate surface area is 117 Å². The third-order valence-electron chi connectivity index (χ3n) is 3.71. The average molecular weight is 264 g/mol. The van der Waals surface area contributed by atoms with E-state index in [9.17, 15) is 5.11 Å². The molecule has 1 rings (SSSR count). The van der Waals surface area contributed by atoms with Gasteiger partial charge >= 0.3 is 0 Å². The SMILES string of the molecule is CCCCN(c1ccc([C@H](O)CC)nc1)C(C)CC. The van der Waals surface area contributed by atoms with Crippen LogP contribution >= 0.6 is 0 Å². The molecule has 0 amide bonds. The van der Waals surface area contributed by atoms with Crippen molar-refractivity contribution in [2.45, 2.75) is 65.5 Å². The number of aromatic nitrogens is 1. The molecule has 3 nitrogen and oxygen atoms in total. The zero-order valence-corrected chi connectivity index (χ0v) is 12.8. The number of hydrogen-bond acceptors (Lipinski definition) is 3. The molecule has 108 valence electrons. The summed E-state index contributed by atoms with van der Waals surface area (Å²) in [7, 11) is 0. The molecule has 1 aromatic heterocycles. The van der Waals surface area contributed by atoms with Gasteiger partial charge in [-0.15, -0.1) is 0 Å². The molecule has 1 aromatic rings. The number of hydrogen-bond donors (Lipinski definition) is 1. The minimum atomic E-state index is -0.443. The van der Waals surface area contributed by atoms with E-state index in [0.717, 1.165) is 24.3 Å². The van der Waals surface area contributed by atoms with Crippen LogP contribution in [-0.4, -0.2) is 22.7 Å². The third kappa shape index (κ3) is 4.50. The van der Waals surface area contributed by atoms with Gasteiger partial charge in [0.1, 0.15) is 0 Å². The van der Waals surface area contributed by atoms with Gasteiger partial charge in [-0.1, -0.05) is 27.2 Å². The number of unbranched alkanes of at least 4 members (excludes halogenated alkanes) is 1. The number of anilines is 1. The van der Waals surface area contributed by atoms with Gasteiger partial charge in [-0.3, -0.25) is 4.98 Å². The number of aliphatic hydroxyl groups excluding tert-OH is 1. The molecule has 0 radical (unpaired) electrons. The van der Waals surface area contributed by atoms with E-state index in [1.807, 2.05) is 19.2 Å². The summed E-state index contributed by atoms with van der Waals surface area (Å²) in [5.41, 5.74) is 1.93. The van der Waals surface area contributed by atoms with Crippen LogP contribution in [0.5, 0.6) is 0 Å². The van der Waals surface area contributed by atoms with E-state index >= 15 is 0 Å². The van der Waals surface area contributed by atoms with Crippen LogP contribution in [-0.2, 0) is 0 Å². The van der Waals surface area contributed by atoms with Crippen molar-refractivity contribution >= 4 is 5.69 Å². The lowest BCUT2D eigenvalue weighted by atomic mass is 10.1. The Morgan fingerprint density at radius 2 is 1.95 bits per heavy atom. The van der Waals surface area contributed by atoms with Crippen molar-refractivity contribution in [1.29, 1.82) is 0 Å². The molecule has 0 bridgehead atoms. The molecule has 1 unspecified atom stereocenters. The second-order valence-electron chi connectivity index (χ2n) is 5.17. The highest BCUT2D eigenvalue weighted by Crippen LogP contribution is 2.21. The minimum Gasteiger partial charge on any atom is -0.387 e. The van der Waals surface area contributed by atoms with Crippen molar-refractivity contribution in [3.8, 4) is 0 Å². The lowest BCUT2D eigenvalue weighted by Gasteiger charge is -2.30. The molecule has 19 heavy (non-hydrogen) atoms. The van der Waals surface area contributed by atoms with Gasteiger partial charge in [-0.05, 0) is 38.3 Å². The van der Waals surface area contributed by atoms with Crippen LogP contribution in [0.25, 0.3) is 0 Å². The summed E-state index contributed by atoms with van der Waals surface area (Å²) in [6.45, 7) is 9.72. The number of pyridine rings is 1. The zero-order chi connectivity index (χ0) is 14.3. The summed E-state index contributed by atoms with van der Waals surface area (Å²) in [6.07, 6.45) is 5.69. The minimum absolute atomic E-state index is 0.443. The third-order valence-corrected chi connectivity index (χ3v) is 3.71. The summed E-state index contributed by atoms with van der Waals surface area (Å²) < 4.78 is 0. The molecular weight excluding hydrogens is 236 g/mol. The van der Waals surface area contributed by atoms with E-state index in [1.54, 1.807) is 0 Å². The fraction of sp³-hybridized carbons (Fsp3) is 0.688. The molecule has 0 fully saturated rings. The van der Waals surface area contributed by atoms with Crippen molar-refractivity contribution in [2.75, 3.05) is 11.4 Å². The molecule has 0 spiro atoms. The Hall–Kier alpha value is -1.09. The molecule has 3 heteroatoms. The van der Waals surface area contributed by atoms with E-state index < -0.39 is 6.10 Å². The number of aliphatic hydroxyl groups is 1. The van der Waals surface area contributed by atoms with Crippen molar-refractivity contribution in [2.24, 2.45) is 0 Å². The maximum atomic E-state index is 9.78. The summed E-state index contributed by atoms with van der Waals surface area (Å²) in [5.74, 6) is 0. The summed E-state index contributed by atoms with van der Waals surface area (Å²) in [5, 5.41) is 9.78. The van der Waals surface area contributed by atoms with Crippen molar-refractivity contribution in [3.63, 3.8) is 0 Å². The Bertz CT molecular complexity index is 350. The summed E-state index contributed by atoms with van der Waals surface area (Å²) >= 11 is 0. The first-order chi connectivity index (χ1) is 9.13. The van der Waals surface area contributed by atoms with Crippen LogP contribution in [0.1, 0.15) is 65.2 Å². The number of nitrogens with zero attached hydrogens (tertiary/aromatic N) is 2. The van der Waals surface area contributed by atoms with Crippen LogP contribution in [0.15, 0.2) is 18.3 Å². The van der Waals surface area contributed by atoms with Crippen LogP contribution in [0.3, 0.4) is 0 Å². The molecule has 0 aliphatic heterocycles. The quantitative estimate of drug-likeness (QED) is 0.773. The van der Waals surface area contributed by atoms with Gasteiger partial charge in [0.2, 0.25) is 0 Å². The second kappa shape index (κ2) is 8.16. The maximum Gasteiger partial charge on any atom is 0.0957 e. The van der Waals surface area contributed by atoms with Gasteiger partial charge in [-0.25, -0.2) is 0 Å². The topological polar surface area (TPSA) is 36.4 Å². The van der Waals surface area contributed by atoms with Crippen LogP contribution in [0.2, 0.25) is 0 Å². The Morgan fingerprint density at radius 3 is 2.42 bits per heavy atom. The molecule has 2 atom stereocenters. The first-order valence-corrected chi connectivity index (χ1v) is 7.54. The molecule has 0 aliphatic rings. The highest BCUT2D eigenvalue weighted by atomic mass is 16.3. The van der Waals surface area contributed by atoms with Gasteiger partial charge < -0.3 is 10.0 Å². The highest BCUT2D eigenvalue weighted by Gasteiger charge is 2.14. The monoisotopic (exact) mass is 264 g/mol. The fourth-order valence-electron chi connectivity index (χ4n) is 2.13. The maximum absolute atomic E-state index is 9.78. The molecule has 0 saturated heterocycles. The van der Waals surface area contributed by atoms with Crippen molar-refractivity contribution in [3.05, 3.63) is 24.0 Å². The largest absolute Gasteiger partial charge is 0.387 e. The molecule has 1 N–H and O–H groups in total. The lowest BCUT2D eigenvalue weighted by molar-refractivity contribution is 0.169. The van der Waals surface area contributed by atoms with E-state index in [4.69, 9.17) is 0 Å². The Balaban J connectivity index is 2.84. The van der Waals surface area contributed by atoms with Gasteiger partial charge in [0.05, 0.1) is 23.7 Å². The molecule has 0 aromatic carbocycles. The Kier molecular flexibility index (Phi) is 6.85. The van der Waals surface area contributed by atoms with Gasteiger partial charge in [-0.2, -0.15) is 0 Å². The first-order valence-electron chi connectivity index (χ1n) is 7.54. The molecule has 1 heterocycles. The number of rotatable bonds is 8. The predicted octanol–water partition coefficient (Wildman–Crippen LogP) is 3.93. The van der Waals surface area contributed by atoms with Crippen LogP contribution in [0, 0.1) is 0 Å². The molecule has 0 saturated carbocycles. The van der Waals surface area contributed by atoms with E-state index in [1.165, 1.54) is 12.8 Å². The fourth-order valence-corrected chi connectivity index (χ4v) is 2.13. The Morgan fingerprint density at radius 1 is 1.21 bits per heavy atom. The normalized spacial score (nSPS) is 14.2. The van der Waals surface area contributed by atoms with Gasteiger partial charge in [0, 0.05) is 12.6 Å². The van der Waals surface area contributed by atoms with E-state index in [2.05, 4.69) is 36.7 Å². The standard InChI is InChI=1S/C16H28N2O/c1-5-8-11-18(13(4)6-2)14-9-10-15(17-12-14)16(19)7-3/h9-10,12-13,16,19H,5-8,11H2,1-4H3/t13?,16-/m1/s1. The first kappa shape index (κ1) is 16.0. The lowest BCUT2D eigenvalue weighted by Crippen LogP contribution is -2.33. The van der Waals surface area contributed by atoms with Gasteiger partial charge in [0.25, 0.3) is 0 Å². The van der Waals surface area contributed by atoms with Crippen LogP contribution in [0.4, 0.5) is 5.69 Å². The molecular formula is C16H28N2O.